The first-order chi connectivity index (χ1) is 8.75. The number of tetrazole rings is 1. The molecule has 0 atom stereocenters. The highest BCUT2D eigenvalue weighted by Crippen LogP contribution is 2.15. The van der Waals surface area contributed by atoms with Gasteiger partial charge in [-0.05, 0) is 18.6 Å². The zero-order chi connectivity index (χ0) is 12.8. The number of aryl methyl sites for hydroxylation is 1. The predicted octanol–water partition coefficient (Wildman–Crippen LogP) is 0.203. The number of nitrogens with zero attached hydrogens (tertiary/aromatic N) is 3. The van der Waals surface area contributed by atoms with Crippen LogP contribution in [0.4, 0.5) is 0 Å². The number of carbonyl (C=O) groups excluding carboxylic acids is 1. The molecule has 0 saturated carbocycles. The summed E-state index contributed by atoms with van der Waals surface area (Å²) in [5.41, 5.74) is 0.989. The van der Waals surface area contributed by atoms with Gasteiger partial charge in [-0.15, -0.1) is 10.2 Å². The summed E-state index contributed by atoms with van der Waals surface area (Å²) in [6.45, 7) is 2.11. The van der Waals surface area contributed by atoms with E-state index in [4.69, 9.17) is 4.74 Å². The third-order valence-corrected chi connectivity index (χ3v) is 2.29. The average molecular weight is 247 g/mol. The highest BCUT2D eigenvalue weighted by atomic mass is 16.5. The molecule has 0 aliphatic carbocycles. The van der Waals surface area contributed by atoms with Gasteiger partial charge in [0.15, 0.2) is 12.4 Å². The molecule has 0 bridgehead atoms. The third-order valence-electron chi connectivity index (χ3n) is 2.29. The van der Waals surface area contributed by atoms with Gasteiger partial charge in [-0.1, -0.05) is 23.4 Å². The lowest BCUT2D eigenvalue weighted by Crippen LogP contribution is -2.28. The van der Waals surface area contributed by atoms with Crippen molar-refractivity contribution in [2.75, 3.05) is 6.61 Å². The van der Waals surface area contributed by atoms with Crippen LogP contribution in [0.3, 0.4) is 0 Å². The summed E-state index contributed by atoms with van der Waals surface area (Å²) in [4.78, 5) is 11.5. The summed E-state index contributed by atoms with van der Waals surface area (Å²) in [5.74, 6) is 0.898. The van der Waals surface area contributed by atoms with Crippen LogP contribution < -0.4 is 10.1 Å². The molecule has 1 heterocycles. The van der Waals surface area contributed by atoms with Crippen LogP contribution in [-0.4, -0.2) is 33.1 Å². The standard InChI is InChI=1S/C11H13N5O2/c1-8-4-2-3-5-9(8)18-7-11(17)12-6-10-13-15-16-14-10/h2-5H,6-7H2,1H3,(H,12,17)(H,13,14,15,16). The van der Waals surface area contributed by atoms with E-state index in [1.54, 1.807) is 0 Å². The fraction of sp³-hybridized carbons (Fsp3) is 0.273. The Hall–Kier alpha value is -2.44. The molecule has 0 spiro atoms. The second-order valence-electron chi connectivity index (χ2n) is 3.66. The zero-order valence-corrected chi connectivity index (χ0v) is 9.88. The number of amides is 1. The average Bonchev–Trinajstić information content (AvgIpc) is 2.88. The Labute approximate surface area is 104 Å². The molecule has 1 amide bonds. The number of hydrogen-bond donors (Lipinski definition) is 2. The van der Waals surface area contributed by atoms with E-state index in [9.17, 15) is 4.79 Å². The van der Waals surface area contributed by atoms with E-state index in [2.05, 4.69) is 25.9 Å². The van der Waals surface area contributed by atoms with Crippen molar-refractivity contribution in [3.8, 4) is 5.75 Å². The van der Waals surface area contributed by atoms with Crippen molar-refractivity contribution in [3.63, 3.8) is 0 Å². The second kappa shape index (κ2) is 5.76. The summed E-state index contributed by atoms with van der Waals surface area (Å²) in [6.07, 6.45) is 0. The van der Waals surface area contributed by atoms with Crippen molar-refractivity contribution in [1.82, 2.24) is 25.9 Å². The van der Waals surface area contributed by atoms with E-state index in [0.29, 0.717) is 11.6 Å². The molecule has 0 saturated heterocycles. The molecule has 0 fully saturated rings. The van der Waals surface area contributed by atoms with Gasteiger partial charge in [-0.3, -0.25) is 4.79 Å². The topological polar surface area (TPSA) is 92.8 Å². The fourth-order valence-electron chi connectivity index (χ4n) is 1.35. The molecule has 2 aromatic rings. The minimum absolute atomic E-state index is 0.0390. The van der Waals surface area contributed by atoms with Crippen molar-refractivity contribution in [3.05, 3.63) is 35.7 Å². The number of rotatable bonds is 5. The maximum atomic E-state index is 11.5. The summed E-state index contributed by atoms with van der Waals surface area (Å²) in [6, 6.07) is 7.52. The lowest BCUT2D eigenvalue weighted by atomic mass is 10.2. The lowest BCUT2D eigenvalue weighted by molar-refractivity contribution is -0.123. The Morgan fingerprint density at radius 1 is 1.44 bits per heavy atom. The van der Waals surface area contributed by atoms with Gasteiger partial charge in [0.25, 0.3) is 5.91 Å². The molecule has 2 N–H and O–H groups in total. The van der Waals surface area contributed by atoms with Gasteiger partial charge in [0.2, 0.25) is 0 Å². The largest absolute Gasteiger partial charge is 0.484 e. The molecular formula is C11H13N5O2. The maximum absolute atomic E-state index is 11.5. The molecule has 0 unspecified atom stereocenters. The van der Waals surface area contributed by atoms with Gasteiger partial charge in [0.05, 0.1) is 6.54 Å². The van der Waals surface area contributed by atoms with Gasteiger partial charge in [-0.2, -0.15) is 5.21 Å². The van der Waals surface area contributed by atoms with E-state index in [1.807, 2.05) is 31.2 Å². The second-order valence-corrected chi connectivity index (χ2v) is 3.66. The Balaban J connectivity index is 1.77. The number of H-pyrrole nitrogens is 1. The summed E-state index contributed by atoms with van der Waals surface area (Å²) in [7, 11) is 0. The van der Waals surface area contributed by atoms with Crippen LogP contribution >= 0.6 is 0 Å². The molecule has 0 aliphatic heterocycles. The van der Waals surface area contributed by atoms with Crippen LogP contribution in [0.25, 0.3) is 0 Å². The van der Waals surface area contributed by atoms with Crippen LogP contribution in [0.2, 0.25) is 0 Å². The molecule has 0 aliphatic rings. The lowest BCUT2D eigenvalue weighted by Gasteiger charge is -2.08. The van der Waals surface area contributed by atoms with Crippen molar-refractivity contribution in [2.24, 2.45) is 0 Å². The number of aromatic nitrogens is 4. The van der Waals surface area contributed by atoms with Gasteiger partial charge >= 0.3 is 0 Å². The van der Waals surface area contributed by atoms with E-state index in [0.717, 1.165) is 5.56 Å². The van der Waals surface area contributed by atoms with Crippen molar-refractivity contribution >= 4 is 5.91 Å². The molecule has 1 aromatic heterocycles. The number of para-hydroxylation sites is 1. The molecule has 1 aromatic carbocycles. The van der Waals surface area contributed by atoms with Gasteiger partial charge in [0.1, 0.15) is 5.75 Å². The summed E-state index contributed by atoms with van der Waals surface area (Å²) >= 11 is 0. The maximum Gasteiger partial charge on any atom is 0.258 e. The van der Waals surface area contributed by atoms with Crippen LogP contribution in [0, 0.1) is 6.92 Å². The van der Waals surface area contributed by atoms with Crippen LogP contribution in [-0.2, 0) is 11.3 Å². The summed E-state index contributed by atoms with van der Waals surface area (Å²) in [5, 5.41) is 15.8. The van der Waals surface area contributed by atoms with Crippen molar-refractivity contribution in [2.45, 2.75) is 13.5 Å². The van der Waals surface area contributed by atoms with Gasteiger partial charge in [0, 0.05) is 0 Å². The van der Waals surface area contributed by atoms with E-state index < -0.39 is 0 Å². The minimum atomic E-state index is -0.233. The predicted molar refractivity (Wildman–Crippen MR) is 62.7 cm³/mol. The first kappa shape index (κ1) is 12.0. The molecule has 7 nitrogen and oxygen atoms in total. The van der Waals surface area contributed by atoms with Gasteiger partial charge < -0.3 is 10.1 Å². The Morgan fingerprint density at radius 3 is 3.00 bits per heavy atom. The number of ether oxygens (including phenoxy) is 1. The molecular weight excluding hydrogens is 234 g/mol. The normalized spacial score (nSPS) is 10.1. The molecule has 7 heteroatoms. The number of carbonyl (C=O) groups is 1. The van der Waals surface area contributed by atoms with Crippen molar-refractivity contribution < 1.29 is 9.53 Å². The van der Waals surface area contributed by atoms with Crippen molar-refractivity contribution in [1.29, 1.82) is 0 Å². The number of hydrogen-bond acceptors (Lipinski definition) is 5. The quantitative estimate of drug-likeness (QED) is 0.787. The highest BCUT2D eigenvalue weighted by molar-refractivity contribution is 5.77. The SMILES string of the molecule is Cc1ccccc1OCC(=O)NCc1nn[nH]n1. The number of aromatic amines is 1. The van der Waals surface area contributed by atoms with E-state index >= 15 is 0 Å². The Kier molecular flexibility index (Phi) is 3.85. The highest BCUT2D eigenvalue weighted by Gasteiger charge is 2.05. The van der Waals surface area contributed by atoms with Gasteiger partial charge in [-0.25, -0.2) is 0 Å². The van der Waals surface area contributed by atoms with Crippen LogP contribution in [0.1, 0.15) is 11.4 Å². The van der Waals surface area contributed by atoms with Crippen LogP contribution in [0.5, 0.6) is 5.75 Å². The smallest absolute Gasteiger partial charge is 0.258 e. The Bertz CT molecular complexity index is 512. The first-order valence-electron chi connectivity index (χ1n) is 5.43. The van der Waals surface area contributed by atoms with Crippen LogP contribution in [0.15, 0.2) is 24.3 Å². The summed E-state index contributed by atoms with van der Waals surface area (Å²) < 4.78 is 5.39. The molecule has 0 radical (unpaired) electrons. The number of nitrogens with one attached hydrogen (secondary N) is 2. The monoisotopic (exact) mass is 247 g/mol. The van der Waals surface area contributed by atoms with E-state index in [-0.39, 0.29) is 19.1 Å². The van der Waals surface area contributed by atoms with E-state index in [1.165, 1.54) is 0 Å². The first-order valence-corrected chi connectivity index (χ1v) is 5.43. The minimum Gasteiger partial charge on any atom is -0.484 e. The Morgan fingerprint density at radius 2 is 2.28 bits per heavy atom. The molecule has 94 valence electrons. The third kappa shape index (κ3) is 3.27. The zero-order valence-electron chi connectivity index (χ0n) is 9.88. The number of benzene rings is 1. The fourth-order valence-corrected chi connectivity index (χ4v) is 1.35. The molecule has 18 heavy (non-hydrogen) atoms. The molecule has 2 rings (SSSR count).